The van der Waals surface area contributed by atoms with Gasteiger partial charge in [-0.25, -0.2) is 4.79 Å². The van der Waals surface area contributed by atoms with E-state index >= 15 is 0 Å². The number of hydrogen-bond donors (Lipinski definition) is 1. The number of alkyl halides is 6. The SMILES string of the molecule is CC1CCN(C(c2ccc(C(F)(F)F)cc2)c2ccc(C(=O)O)cc2-c2ccc(C(F)(F)F)cc2)CC1. The Labute approximate surface area is 210 Å². The molecule has 0 bridgehead atoms. The molecule has 0 aromatic heterocycles. The molecule has 0 radical (unpaired) electrons. The molecule has 0 saturated carbocycles. The third-order valence-corrected chi connectivity index (χ3v) is 6.86. The number of carbonyl (C=O) groups is 1. The predicted octanol–water partition coefficient (Wildman–Crippen LogP) is 7.91. The third kappa shape index (κ3) is 5.98. The number of likely N-dealkylation sites (tertiary alicyclic amines) is 1. The second kappa shape index (κ2) is 10.2. The van der Waals surface area contributed by atoms with Crippen LogP contribution < -0.4 is 0 Å². The van der Waals surface area contributed by atoms with Crippen molar-refractivity contribution < 1.29 is 36.2 Å². The Morgan fingerprint density at radius 2 is 1.35 bits per heavy atom. The van der Waals surface area contributed by atoms with E-state index in [9.17, 15) is 36.2 Å². The first-order valence-corrected chi connectivity index (χ1v) is 11.8. The van der Waals surface area contributed by atoms with Crippen LogP contribution in [0, 0.1) is 5.92 Å². The second-order valence-electron chi connectivity index (χ2n) is 9.42. The van der Waals surface area contributed by atoms with Gasteiger partial charge in [0, 0.05) is 0 Å². The van der Waals surface area contributed by atoms with E-state index in [-0.39, 0.29) is 5.56 Å². The van der Waals surface area contributed by atoms with Crippen LogP contribution in [-0.2, 0) is 12.4 Å². The lowest BCUT2D eigenvalue weighted by atomic mass is 9.86. The van der Waals surface area contributed by atoms with Gasteiger partial charge in [0.15, 0.2) is 0 Å². The molecule has 1 N–H and O–H groups in total. The monoisotopic (exact) mass is 521 g/mol. The normalized spacial score (nSPS) is 16.5. The molecule has 9 heteroatoms. The minimum Gasteiger partial charge on any atom is -0.478 e. The van der Waals surface area contributed by atoms with Crippen molar-refractivity contribution in [3.63, 3.8) is 0 Å². The Balaban J connectivity index is 1.87. The largest absolute Gasteiger partial charge is 0.478 e. The molecule has 1 heterocycles. The summed E-state index contributed by atoms with van der Waals surface area (Å²) in [4.78, 5) is 13.9. The molecule has 0 aliphatic carbocycles. The van der Waals surface area contributed by atoms with Gasteiger partial charge in [-0.05, 0) is 90.5 Å². The van der Waals surface area contributed by atoms with Crippen molar-refractivity contribution >= 4 is 5.97 Å². The number of carboxylic acid groups (broad SMARTS) is 1. The molecule has 3 aromatic rings. The minimum atomic E-state index is -4.53. The van der Waals surface area contributed by atoms with Crippen molar-refractivity contribution in [1.82, 2.24) is 4.90 Å². The fourth-order valence-electron chi connectivity index (χ4n) is 4.74. The van der Waals surface area contributed by atoms with Crippen LogP contribution in [0.2, 0.25) is 0 Å². The van der Waals surface area contributed by atoms with Crippen LogP contribution in [-0.4, -0.2) is 29.1 Å². The van der Waals surface area contributed by atoms with E-state index in [1.807, 2.05) is 0 Å². The highest BCUT2D eigenvalue weighted by molar-refractivity contribution is 5.90. The maximum atomic E-state index is 13.2. The Morgan fingerprint density at radius 3 is 1.84 bits per heavy atom. The van der Waals surface area contributed by atoms with Gasteiger partial charge >= 0.3 is 18.3 Å². The van der Waals surface area contributed by atoms with Gasteiger partial charge in [-0.1, -0.05) is 37.3 Å². The average Bonchev–Trinajstić information content (AvgIpc) is 2.85. The average molecular weight is 522 g/mol. The molecule has 1 fully saturated rings. The van der Waals surface area contributed by atoms with Crippen molar-refractivity contribution in [2.24, 2.45) is 5.92 Å². The first kappa shape index (κ1) is 26.7. The Bertz CT molecular complexity index is 1240. The van der Waals surface area contributed by atoms with E-state index in [1.54, 1.807) is 6.07 Å². The van der Waals surface area contributed by atoms with Gasteiger partial charge in [-0.3, -0.25) is 4.90 Å². The maximum Gasteiger partial charge on any atom is 0.416 e. The lowest BCUT2D eigenvalue weighted by Crippen LogP contribution is -2.37. The molecule has 4 rings (SSSR count). The topological polar surface area (TPSA) is 40.5 Å². The Hall–Kier alpha value is -3.33. The molecule has 1 aliphatic rings. The van der Waals surface area contributed by atoms with Crippen LogP contribution in [0.5, 0.6) is 0 Å². The summed E-state index contributed by atoms with van der Waals surface area (Å²) in [7, 11) is 0. The number of piperidine rings is 1. The molecule has 1 atom stereocenters. The minimum absolute atomic E-state index is 0.0444. The molecule has 3 aromatic carbocycles. The Kier molecular flexibility index (Phi) is 7.37. The number of halogens is 6. The highest BCUT2D eigenvalue weighted by Gasteiger charge is 2.33. The molecule has 1 saturated heterocycles. The Morgan fingerprint density at radius 1 is 0.838 bits per heavy atom. The number of rotatable bonds is 5. The predicted molar refractivity (Wildman–Crippen MR) is 127 cm³/mol. The van der Waals surface area contributed by atoms with Crippen LogP contribution in [0.15, 0.2) is 66.7 Å². The van der Waals surface area contributed by atoms with E-state index in [0.29, 0.717) is 41.3 Å². The molecule has 37 heavy (non-hydrogen) atoms. The summed E-state index contributed by atoms with van der Waals surface area (Å²) < 4.78 is 79.1. The fourth-order valence-corrected chi connectivity index (χ4v) is 4.74. The van der Waals surface area contributed by atoms with E-state index in [4.69, 9.17) is 0 Å². The van der Waals surface area contributed by atoms with Crippen LogP contribution >= 0.6 is 0 Å². The van der Waals surface area contributed by atoms with Gasteiger partial charge in [0.05, 0.1) is 22.7 Å². The highest BCUT2D eigenvalue weighted by atomic mass is 19.4. The van der Waals surface area contributed by atoms with Crippen molar-refractivity contribution in [2.75, 3.05) is 13.1 Å². The second-order valence-corrected chi connectivity index (χ2v) is 9.42. The quantitative estimate of drug-likeness (QED) is 0.347. The number of carboxylic acids is 1. The van der Waals surface area contributed by atoms with Gasteiger partial charge in [-0.2, -0.15) is 26.3 Å². The zero-order valence-corrected chi connectivity index (χ0v) is 19.9. The number of hydrogen-bond acceptors (Lipinski definition) is 2. The molecule has 3 nitrogen and oxygen atoms in total. The van der Waals surface area contributed by atoms with E-state index in [1.165, 1.54) is 36.4 Å². The summed E-state index contributed by atoms with van der Waals surface area (Å²) >= 11 is 0. The van der Waals surface area contributed by atoms with Gasteiger partial charge in [-0.15, -0.1) is 0 Å². The summed E-state index contributed by atoms with van der Waals surface area (Å²) in [5, 5.41) is 9.57. The highest BCUT2D eigenvalue weighted by Crippen LogP contribution is 2.40. The summed E-state index contributed by atoms with van der Waals surface area (Å²) in [6.45, 7) is 3.46. The van der Waals surface area contributed by atoms with E-state index < -0.39 is 35.5 Å². The standard InChI is InChI=1S/C28H25F6NO2/c1-17-12-14-35(15-13-17)25(19-4-9-22(10-5-19)28(32,33)34)23-11-6-20(26(36)37)16-24(23)18-2-7-21(8-3-18)27(29,30)31/h2-11,16-17,25H,12-15H2,1H3,(H,36,37). The van der Waals surface area contributed by atoms with Gasteiger partial charge in [0.2, 0.25) is 0 Å². The molecule has 0 amide bonds. The molecular formula is C28H25F6NO2. The first-order chi connectivity index (χ1) is 17.3. The van der Waals surface area contributed by atoms with Gasteiger partial charge < -0.3 is 5.11 Å². The molecule has 0 spiro atoms. The number of nitrogens with zero attached hydrogens (tertiary/aromatic N) is 1. The van der Waals surface area contributed by atoms with Crippen LogP contribution in [0.3, 0.4) is 0 Å². The molecular weight excluding hydrogens is 496 g/mol. The van der Waals surface area contributed by atoms with Crippen LogP contribution in [0.4, 0.5) is 26.3 Å². The summed E-state index contributed by atoms with van der Waals surface area (Å²) in [5.41, 5.74) is 0.323. The number of aromatic carboxylic acids is 1. The van der Waals surface area contributed by atoms with Crippen molar-refractivity contribution in [2.45, 2.75) is 38.2 Å². The lowest BCUT2D eigenvalue weighted by Gasteiger charge is -2.38. The smallest absolute Gasteiger partial charge is 0.416 e. The van der Waals surface area contributed by atoms with E-state index in [2.05, 4.69) is 11.8 Å². The zero-order valence-electron chi connectivity index (χ0n) is 19.9. The molecule has 1 unspecified atom stereocenters. The van der Waals surface area contributed by atoms with Gasteiger partial charge in [0.1, 0.15) is 0 Å². The summed E-state index contributed by atoms with van der Waals surface area (Å²) in [6, 6.07) is 13.2. The van der Waals surface area contributed by atoms with Crippen molar-refractivity contribution in [3.05, 3.63) is 94.5 Å². The van der Waals surface area contributed by atoms with Crippen LogP contribution in [0.1, 0.15) is 58.4 Å². The van der Waals surface area contributed by atoms with Crippen molar-refractivity contribution in [1.29, 1.82) is 0 Å². The zero-order chi connectivity index (χ0) is 27.0. The summed E-state index contributed by atoms with van der Waals surface area (Å²) in [5.74, 6) is -0.717. The van der Waals surface area contributed by atoms with Gasteiger partial charge in [0.25, 0.3) is 0 Å². The third-order valence-electron chi connectivity index (χ3n) is 6.86. The molecule has 196 valence electrons. The fraction of sp³-hybridized carbons (Fsp3) is 0.321. The summed E-state index contributed by atoms with van der Waals surface area (Å²) in [6.07, 6.45) is -7.28. The first-order valence-electron chi connectivity index (χ1n) is 11.8. The maximum absolute atomic E-state index is 13.2. The van der Waals surface area contributed by atoms with E-state index in [0.717, 1.165) is 37.1 Å². The van der Waals surface area contributed by atoms with Crippen LogP contribution in [0.25, 0.3) is 11.1 Å². The van der Waals surface area contributed by atoms with Crippen molar-refractivity contribution in [3.8, 4) is 11.1 Å². The lowest BCUT2D eigenvalue weighted by molar-refractivity contribution is -0.138. The number of benzene rings is 3. The molecule has 1 aliphatic heterocycles.